The van der Waals surface area contributed by atoms with Crippen molar-refractivity contribution in [1.82, 2.24) is 5.16 Å². The summed E-state index contributed by atoms with van der Waals surface area (Å²) in [6.07, 6.45) is 1.77. The van der Waals surface area contributed by atoms with E-state index in [-0.39, 0.29) is 5.02 Å². The van der Waals surface area contributed by atoms with Gasteiger partial charge in [0.2, 0.25) is 0 Å². The Morgan fingerprint density at radius 1 is 1.43 bits per heavy atom. The lowest BCUT2D eigenvalue weighted by atomic mass is 9.93. The van der Waals surface area contributed by atoms with E-state index in [0.717, 1.165) is 12.8 Å². The maximum atomic E-state index is 10.9. The second kappa shape index (κ2) is 4.69. The number of halogens is 1. The first-order valence-corrected chi connectivity index (χ1v) is 5.26. The van der Waals surface area contributed by atoms with Gasteiger partial charge in [0.1, 0.15) is 0 Å². The van der Waals surface area contributed by atoms with E-state index >= 15 is 0 Å². The molecule has 0 aromatic carbocycles. The smallest absolute Gasteiger partial charge is 0.337 e. The van der Waals surface area contributed by atoms with Crippen LogP contribution in [0.15, 0.2) is 9.32 Å². The number of aromatic amines is 1. The van der Waals surface area contributed by atoms with E-state index in [1.54, 1.807) is 0 Å². The molecule has 0 aliphatic carbocycles. The zero-order valence-corrected chi connectivity index (χ0v) is 9.52. The third-order valence-electron chi connectivity index (χ3n) is 2.70. The number of aryl methyl sites for hydroxylation is 1. The van der Waals surface area contributed by atoms with E-state index in [2.05, 4.69) is 30.5 Å². The second-order valence-electron chi connectivity index (χ2n) is 4.04. The van der Waals surface area contributed by atoms with Gasteiger partial charge >= 0.3 is 5.63 Å². The van der Waals surface area contributed by atoms with Crippen molar-refractivity contribution < 1.29 is 4.52 Å². The van der Waals surface area contributed by atoms with Gasteiger partial charge in [0, 0.05) is 0 Å². The Hall–Kier alpha value is -0.700. The number of H-pyrrole nitrogens is 1. The Kier molecular flexibility index (Phi) is 3.81. The molecule has 0 radical (unpaired) electrons. The molecule has 3 nitrogen and oxygen atoms in total. The molecule has 80 valence electrons. The van der Waals surface area contributed by atoms with E-state index in [1.165, 1.54) is 0 Å². The summed E-state index contributed by atoms with van der Waals surface area (Å²) >= 11 is 5.73. The maximum absolute atomic E-state index is 10.9. The SMILES string of the molecule is CC(C)[C@H](C)CCc1[nH]oc(=O)c1Cl. The molecule has 4 heteroatoms. The Balaban J connectivity index is 2.54. The molecule has 1 rings (SSSR count). The van der Waals surface area contributed by atoms with Crippen molar-refractivity contribution >= 4 is 11.6 Å². The molecule has 1 heterocycles. The van der Waals surface area contributed by atoms with Crippen LogP contribution in [0.3, 0.4) is 0 Å². The third-order valence-corrected chi connectivity index (χ3v) is 3.08. The molecule has 0 fully saturated rings. The number of hydrogen-bond donors (Lipinski definition) is 1. The Morgan fingerprint density at radius 2 is 2.07 bits per heavy atom. The van der Waals surface area contributed by atoms with Crippen molar-refractivity contribution in [1.29, 1.82) is 0 Å². The third kappa shape index (κ3) is 2.64. The van der Waals surface area contributed by atoms with Crippen LogP contribution >= 0.6 is 11.6 Å². The van der Waals surface area contributed by atoms with Gasteiger partial charge in [-0.1, -0.05) is 32.4 Å². The normalized spacial score (nSPS) is 13.5. The fourth-order valence-corrected chi connectivity index (χ4v) is 1.36. The lowest BCUT2D eigenvalue weighted by molar-refractivity contribution is 0.368. The van der Waals surface area contributed by atoms with E-state index < -0.39 is 5.63 Å². The molecule has 1 aromatic heterocycles. The summed E-state index contributed by atoms with van der Waals surface area (Å²) in [6, 6.07) is 0. The zero-order chi connectivity index (χ0) is 10.7. The second-order valence-corrected chi connectivity index (χ2v) is 4.42. The molecule has 0 saturated carbocycles. The molecule has 0 bridgehead atoms. The van der Waals surface area contributed by atoms with Crippen molar-refractivity contribution in [2.45, 2.75) is 33.6 Å². The highest BCUT2D eigenvalue weighted by molar-refractivity contribution is 6.30. The number of rotatable bonds is 4. The molecule has 0 aliphatic rings. The quantitative estimate of drug-likeness (QED) is 0.843. The molecule has 0 amide bonds. The first kappa shape index (κ1) is 11.4. The molecule has 1 atom stereocenters. The Morgan fingerprint density at radius 3 is 2.50 bits per heavy atom. The highest BCUT2D eigenvalue weighted by atomic mass is 35.5. The molecule has 0 unspecified atom stereocenters. The monoisotopic (exact) mass is 217 g/mol. The molecule has 0 saturated heterocycles. The van der Waals surface area contributed by atoms with Crippen LogP contribution in [0.4, 0.5) is 0 Å². The Labute approximate surface area is 88.4 Å². The maximum Gasteiger partial charge on any atom is 0.375 e. The van der Waals surface area contributed by atoms with Crippen LogP contribution in [-0.2, 0) is 6.42 Å². The van der Waals surface area contributed by atoms with Gasteiger partial charge in [0.05, 0.1) is 5.69 Å². The van der Waals surface area contributed by atoms with Crippen LogP contribution in [0, 0.1) is 11.8 Å². The molecule has 0 spiro atoms. The van der Waals surface area contributed by atoms with Crippen molar-refractivity contribution in [3.05, 3.63) is 21.1 Å². The summed E-state index contributed by atoms with van der Waals surface area (Å²) in [5.41, 5.74) is 0.239. The largest absolute Gasteiger partial charge is 0.375 e. The summed E-state index contributed by atoms with van der Waals surface area (Å²) < 4.78 is 4.58. The zero-order valence-electron chi connectivity index (χ0n) is 8.76. The van der Waals surface area contributed by atoms with E-state index in [1.807, 2.05) is 0 Å². The van der Waals surface area contributed by atoms with Gasteiger partial charge in [-0.25, -0.2) is 9.95 Å². The standard InChI is InChI=1S/C10H16ClNO2/c1-6(2)7(3)4-5-8-9(11)10(13)14-12-8/h6-7,12H,4-5H2,1-3H3/t7-/m1/s1. The average molecular weight is 218 g/mol. The molecular formula is C10H16ClNO2. The predicted molar refractivity (Wildman–Crippen MR) is 56.7 cm³/mol. The molecule has 1 aromatic rings. The van der Waals surface area contributed by atoms with Crippen LogP contribution in [0.1, 0.15) is 32.9 Å². The number of hydrogen-bond acceptors (Lipinski definition) is 2. The van der Waals surface area contributed by atoms with E-state index in [0.29, 0.717) is 17.5 Å². The van der Waals surface area contributed by atoms with Crippen LogP contribution in [-0.4, -0.2) is 5.16 Å². The minimum absolute atomic E-state index is 0.195. The van der Waals surface area contributed by atoms with Gasteiger partial charge in [-0.3, -0.25) is 0 Å². The minimum atomic E-state index is -0.473. The minimum Gasteiger partial charge on any atom is -0.337 e. The summed E-state index contributed by atoms with van der Waals surface area (Å²) in [5, 5.41) is 2.74. The van der Waals surface area contributed by atoms with Gasteiger partial charge in [-0.15, -0.1) is 0 Å². The lowest BCUT2D eigenvalue weighted by Gasteiger charge is -2.13. The predicted octanol–water partition coefficient (Wildman–Crippen LogP) is 2.85. The first-order valence-electron chi connectivity index (χ1n) is 4.88. The van der Waals surface area contributed by atoms with Crippen molar-refractivity contribution in [2.75, 3.05) is 0 Å². The van der Waals surface area contributed by atoms with E-state index in [9.17, 15) is 4.79 Å². The highest BCUT2D eigenvalue weighted by Crippen LogP contribution is 2.18. The summed E-state index contributed by atoms with van der Waals surface area (Å²) in [4.78, 5) is 10.9. The van der Waals surface area contributed by atoms with Crippen LogP contribution in [0.5, 0.6) is 0 Å². The van der Waals surface area contributed by atoms with Gasteiger partial charge in [0.25, 0.3) is 0 Å². The summed E-state index contributed by atoms with van der Waals surface area (Å²) in [7, 11) is 0. The Bertz CT molecular complexity index is 340. The van der Waals surface area contributed by atoms with Gasteiger partial charge in [0.15, 0.2) is 5.02 Å². The van der Waals surface area contributed by atoms with Crippen molar-refractivity contribution in [2.24, 2.45) is 11.8 Å². The fraction of sp³-hybridized carbons (Fsp3) is 0.700. The van der Waals surface area contributed by atoms with Crippen molar-refractivity contribution in [3.63, 3.8) is 0 Å². The van der Waals surface area contributed by atoms with Gasteiger partial charge in [-0.2, -0.15) is 0 Å². The van der Waals surface area contributed by atoms with Crippen molar-refractivity contribution in [3.8, 4) is 0 Å². The number of aromatic nitrogens is 1. The molecular weight excluding hydrogens is 202 g/mol. The molecule has 14 heavy (non-hydrogen) atoms. The number of nitrogens with one attached hydrogen (secondary N) is 1. The first-order chi connectivity index (χ1) is 6.52. The fourth-order valence-electron chi connectivity index (χ4n) is 1.19. The van der Waals surface area contributed by atoms with Crippen LogP contribution in [0.25, 0.3) is 0 Å². The summed E-state index contributed by atoms with van der Waals surface area (Å²) in [6.45, 7) is 6.56. The molecule has 1 N–H and O–H groups in total. The lowest BCUT2D eigenvalue weighted by Crippen LogP contribution is -2.05. The topological polar surface area (TPSA) is 46.0 Å². The molecule has 0 aliphatic heterocycles. The van der Waals surface area contributed by atoms with Crippen LogP contribution in [0.2, 0.25) is 5.02 Å². The van der Waals surface area contributed by atoms with Crippen LogP contribution < -0.4 is 5.63 Å². The average Bonchev–Trinajstić information content (AvgIpc) is 2.44. The summed E-state index contributed by atoms with van der Waals surface area (Å²) in [5.74, 6) is 1.26. The van der Waals surface area contributed by atoms with E-state index in [4.69, 9.17) is 11.6 Å². The highest BCUT2D eigenvalue weighted by Gasteiger charge is 2.12. The van der Waals surface area contributed by atoms with Gasteiger partial charge in [-0.05, 0) is 24.7 Å². The van der Waals surface area contributed by atoms with Gasteiger partial charge < -0.3 is 4.52 Å².